The molecule has 0 saturated carbocycles. The molecule has 0 aliphatic rings. The molecule has 0 bridgehead atoms. The van der Waals surface area contributed by atoms with Gasteiger partial charge < -0.3 is 20.4 Å². The molecule has 2 aromatic carbocycles. The van der Waals surface area contributed by atoms with Crippen LogP contribution in [0.5, 0.6) is 11.5 Å². The van der Waals surface area contributed by atoms with E-state index in [0.717, 1.165) is 0 Å². The number of hydrogen-bond acceptors (Lipinski definition) is 4. The van der Waals surface area contributed by atoms with Gasteiger partial charge in [-0.3, -0.25) is 0 Å². The van der Waals surface area contributed by atoms with Crippen LogP contribution in [0.2, 0.25) is 0 Å². The molecule has 0 atom stereocenters. The van der Waals surface area contributed by atoms with Crippen LogP contribution in [-0.2, 0) is 6.42 Å². The predicted molar refractivity (Wildman–Crippen MR) is 88.3 cm³/mol. The Kier molecular flexibility index (Phi) is 4.96. The first-order chi connectivity index (χ1) is 10.7. The van der Waals surface area contributed by atoms with Crippen molar-refractivity contribution < 1.29 is 30.0 Å². The van der Waals surface area contributed by atoms with Crippen LogP contribution in [0.4, 0.5) is 0 Å². The zero-order valence-corrected chi connectivity index (χ0v) is 14.5. The van der Waals surface area contributed by atoms with E-state index < -0.39 is 11.9 Å². The predicted octanol–water partition coefficient (Wildman–Crippen LogP) is 3.61. The largest absolute Gasteiger partial charge is 0.507 e. The summed E-state index contributed by atoms with van der Waals surface area (Å²) in [6.45, 7) is 0. The first kappa shape index (κ1) is 17.3. The average molecular weight is 446 g/mol. The molecule has 0 saturated heterocycles. The third-order valence-electron chi connectivity index (χ3n) is 3.17. The summed E-state index contributed by atoms with van der Waals surface area (Å²) >= 11 is 6.48. The summed E-state index contributed by atoms with van der Waals surface area (Å²) in [5.41, 5.74) is 0.693. The number of halogens is 2. The highest BCUT2D eigenvalue weighted by molar-refractivity contribution is 9.10. The molecule has 120 valence electrons. The van der Waals surface area contributed by atoms with E-state index in [0.29, 0.717) is 20.1 Å². The smallest absolute Gasteiger partial charge is 0.339 e. The van der Waals surface area contributed by atoms with Crippen LogP contribution < -0.4 is 0 Å². The van der Waals surface area contributed by atoms with Crippen molar-refractivity contribution in [1.29, 1.82) is 0 Å². The van der Waals surface area contributed by atoms with Gasteiger partial charge in [0.1, 0.15) is 22.6 Å². The van der Waals surface area contributed by atoms with Gasteiger partial charge in [-0.25, -0.2) is 9.59 Å². The van der Waals surface area contributed by atoms with Gasteiger partial charge in [-0.2, -0.15) is 0 Å². The van der Waals surface area contributed by atoms with Gasteiger partial charge in [-0.1, -0.05) is 31.9 Å². The molecule has 0 aliphatic heterocycles. The third kappa shape index (κ3) is 3.65. The first-order valence-electron chi connectivity index (χ1n) is 6.20. The number of rotatable bonds is 4. The van der Waals surface area contributed by atoms with Crippen LogP contribution in [0, 0.1) is 0 Å². The van der Waals surface area contributed by atoms with Crippen LogP contribution in [0.3, 0.4) is 0 Å². The number of carbonyl (C=O) groups is 2. The molecule has 4 N–H and O–H groups in total. The van der Waals surface area contributed by atoms with Gasteiger partial charge in [0.25, 0.3) is 0 Å². The lowest BCUT2D eigenvalue weighted by molar-refractivity contribution is 0.0682. The number of carboxylic acid groups (broad SMARTS) is 2. The van der Waals surface area contributed by atoms with E-state index in [9.17, 15) is 19.8 Å². The molecule has 0 fully saturated rings. The summed E-state index contributed by atoms with van der Waals surface area (Å²) < 4.78 is 0.947. The van der Waals surface area contributed by atoms with Crippen molar-refractivity contribution in [2.45, 2.75) is 6.42 Å². The molecule has 2 rings (SSSR count). The molecule has 0 heterocycles. The number of aromatic carboxylic acids is 2. The van der Waals surface area contributed by atoms with Crippen LogP contribution in [0.25, 0.3) is 0 Å². The fourth-order valence-electron chi connectivity index (χ4n) is 2.03. The lowest BCUT2D eigenvalue weighted by Gasteiger charge is -2.11. The Morgan fingerprint density at radius 3 is 1.43 bits per heavy atom. The number of benzene rings is 2. The summed E-state index contributed by atoms with van der Waals surface area (Å²) in [6, 6.07) is 5.18. The van der Waals surface area contributed by atoms with E-state index in [1.807, 2.05) is 0 Å². The van der Waals surface area contributed by atoms with Gasteiger partial charge in [0.05, 0.1) is 0 Å². The van der Waals surface area contributed by atoms with Gasteiger partial charge >= 0.3 is 11.9 Å². The minimum atomic E-state index is -1.25. The zero-order chi connectivity index (χ0) is 17.3. The highest BCUT2D eigenvalue weighted by Gasteiger charge is 2.17. The lowest BCUT2D eigenvalue weighted by atomic mass is 10.0. The van der Waals surface area contributed by atoms with Crippen molar-refractivity contribution in [3.63, 3.8) is 0 Å². The molecule has 23 heavy (non-hydrogen) atoms. The Morgan fingerprint density at radius 1 is 0.783 bits per heavy atom. The average Bonchev–Trinajstić information content (AvgIpc) is 2.45. The van der Waals surface area contributed by atoms with E-state index >= 15 is 0 Å². The molecule has 0 radical (unpaired) electrons. The molecule has 0 aliphatic carbocycles. The first-order valence-corrected chi connectivity index (χ1v) is 7.78. The van der Waals surface area contributed by atoms with Crippen LogP contribution in [0.1, 0.15) is 31.8 Å². The third-order valence-corrected chi connectivity index (χ3v) is 4.65. The molecule has 0 amide bonds. The molecule has 2 aromatic rings. The maximum absolute atomic E-state index is 11.0. The summed E-state index contributed by atoms with van der Waals surface area (Å²) in [5, 5.41) is 37.4. The summed E-state index contributed by atoms with van der Waals surface area (Å²) in [6.07, 6.45) is 0.238. The number of carboxylic acids is 2. The lowest BCUT2D eigenvalue weighted by Crippen LogP contribution is -2.01. The van der Waals surface area contributed by atoms with Crippen molar-refractivity contribution in [3.8, 4) is 11.5 Å². The van der Waals surface area contributed by atoms with Gasteiger partial charge in [0.15, 0.2) is 0 Å². The Balaban J connectivity index is 2.44. The van der Waals surface area contributed by atoms with Crippen molar-refractivity contribution in [3.05, 3.63) is 55.5 Å². The van der Waals surface area contributed by atoms with Crippen LogP contribution in [0.15, 0.2) is 33.2 Å². The molecule has 0 spiro atoms. The molecule has 0 unspecified atom stereocenters. The summed E-state index contributed by atoms with van der Waals surface area (Å²) in [5.74, 6) is -3.25. The normalized spacial score (nSPS) is 10.5. The number of phenols is 2. The SMILES string of the molecule is O=C(O)c1cc(Br)c(Cc2cc(O)c(C(=O)O)cc2Br)cc1O. The molecule has 8 heteroatoms. The Bertz CT molecular complexity index is 749. The van der Waals surface area contributed by atoms with E-state index in [2.05, 4.69) is 31.9 Å². The summed E-state index contributed by atoms with van der Waals surface area (Å²) in [7, 11) is 0. The Hall–Kier alpha value is -2.06. The second-order valence-electron chi connectivity index (χ2n) is 4.71. The number of aromatic hydroxyl groups is 2. The monoisotopic (exact) mass is 444 g/mol. The molecule has 0 aromatic heterocycles. The maximum atomic E-state index is 11.0. The van der Waals surface area contributed by atoms with E-state index in [-0.39, 0.29) is 29.0 Å². The zero-order valence-electron chi connectivity index (χ0n) is 11.4. The van der Waals surface area contributed by atoms with Crippen LogP contribution in [-0.4, -0.2) is 32.4 Å². The van der Waals surface area contributed by atoms with Gasteiger partial charge in [0.2, 0.25) is 0 Å². The Labute approximate surface area is 147 Å². The number of hydrogen-bond donors (Lipinski definition) is 4. The molecule has 6 nitrogen and oxygen atoms in total. The van der Waals surface area contributed by atoms with Gasteiger partial charge in [-0.05, 0) is 41.8 Å². The van der Waals surface area contributed by atoms with Crippen molar-refractivity contribution in [2.75, 3.05) is 0 Å². The highest BCUT2D eigenvalue weighted by Crippen LogP contribution is 2.32. The fourth-order valence-corrected chi connectivity index (χ4v) is 3.00. The van der Waals surface area contributed by atoms with Crippen molar-refractivity contribution >= 4 is 43.8 Å². The Morgan fingerprint density at radius 2 is 1.13 bits per heavy atom. The van der Waals surface area contributed by atoms with E-state index in [4.69, 9.17) is 10.2 Å². The van der Waals surface area contributed by atoms with Crippen molar-refractivity contribution in [2.24, 2.45) is 0 Å². The van der Waals surface area contributed by atoms with Gasteiger partial charge in [-0.15, -0.1) is 0 Å². The minimum absolute atomic E-state index is 0.233. The second-order valence-corrected chi connectivity index (χ2v) is 6.42. The molecular weight excluding hydrogens is 436 g/mol. The standard InChI is InChI=1S/C15H10Br2O6/c16-10-4-8(14(20)21)12(18)2-6(10)1-7-3-13(19)9(15(22)23)5-11(7)17/h2-5,18-19H,1H2,(H,20,21)(H,22,23). The van der Waals surface area contributed by atoms with Gasteiger partial charge in [0, 0.05) is 8.95 Å². The maximum Gasteiger partial charge on any atom is 0.339 e. The topological polar surface area (TPSA) is 115 Å². The second kappa shape index (κ2) is 6.59. The molecular formula is C15H10Br2O6. The summed E-state index contributed by atoms with van der Waals surface area (Å²) in [4.78, 5) is 21.9. The van der Waals surface area contributed by atoms with Crippen molar-refractivity contribution in [1.82, 2.24) is 0 Å². The van der Waals surface area contributed by atoms with E-state index in [1.165, 1.54) is 24.3 Å². The fraction of sp³-hybridized carbons (Fsp3) is 0.0667. The minimum Gasteiger partial charge on any atom is -0.507 e. The highest BCUT2D eigenvalue weighted by atomic mass is 79.9. The quantitative estimate of drug-likeness (QED) is 0.571. The van der Waals surface area contributed by atoms with Crippen LogP contribution >= 0.6 is 31.9 Å². The van der Waals surface area contributed by atoms with E-state index in [1.54, 1.807) is 0 Å².